The van der Waals surface area contributed by atoms with Crippen LogP contribution in [-0.2, 0) is 12.6 Å². The van der Waals surface area contributed by atoms with E-state index in [2.05, 4.69) is 32.9 Å². The van der Waals surface area contributed by atoms with Gasteiger partial charge in [0.05, 0.1) is 16.4 Å². The summed E-state index contributed by atoms with van der Waals surface area (Å²) < 4.78 is 2.69. The van der Waals surface area contributed by atoms with Crippen LogP contribution in [0.1, 0.15) is 31.9 Å². The fourth-order valence-corrected chi connectivity index (χ4v) is 3.85. The highest BCUT2D eigenvalue weighted by molar-refractivity contribution is 9.10. The molecular formula is C12H18BrN3O. The Hall–Kier alpha value is -0.390. The molecule has 5 heteroatoms. The van der Waals surface area contributed by atoms with Gasteiger partial charge < -0.3 is 5.11 Å². The SMILES string of the molecule is CC1CC(O)(c2c(Br)cnn2C)CN1C1CC1. The molecule has 1 N–H and O–H groups in total. The summed E-state index contributed by atoms with van der Waals surface area (Å²) in [5.41, 5.74) is 0.152. The lowest BCUT2D eigenvalue weighted by atomic mass is 9.97. The van der Waals surface area contributed by atoms with Gasteiger partial charge in [0.15, 0.2) is 0 Å². The molecule has 3 rings (SSSR count). The Morgan fingerprint density at radius 3 is 2.76 bits per heavy atom. The molecule has 1 aromatic rings. The van der Waals surface area contributed by atoms with E-state index in [1.165, 1.54) is 12.8 Å². The monoisotopic (exact) mass is 299 g/mol. The smallest absolute Gasteiger partial charge is 0.121 e. The van der Waals surface area contributed by atoms with Gasteiger partial charge in [0.2, 0.25) is 0 Å². The number of hydrogen-bond donors (Lipinski definition) is 1. The first-order valence-electron chi connectivity index (χ1n) is 6.17. The normalized spacial score (nSPS) is 34.5. The fraction of sp³-hybridized carbons (Fsp3) is 0.750. The Kier molecular flexibility index (Phi) is 2.61. The minimum Gasteiger partial charge on any atom is -0.382 e. The summed E-state index contributed by atoms with van der Waals surface area (Å²) in [4.78, 5) is 2.44. The second-order valence-electron chi connectivity index (χ2n) is 5.45. The van der Waals surface area contributed by atoms with Crippen LogP contribution in [0.5, 0.6) is 0 Å². The number of nitrogens with zero attached hydrogens (tertiary/aromatic N) is 3. The topological polar surface area (TPSA) is 41.3 Å². The molecule has 1 aliphatic heterocycles. The average molecular weight is 300 g/mol. The summed E-state index contributed by atoms with van der Waals surface area (Å²) in [6.45, 7) is 2.94. The molecule has 2 fully saturated rings. The van der Waals surface area contributed by atoms with Gasteiger partial charge in [-0.1, -0.05) is 0 Å². The summed E-state index contributed by atoms with van der Waals surface area (Å²) in [6.07, 6.45) is 5.12. The van der Waals surface area contributed by atoms with Crippen molar-refractivity contribution in [2.24, 2.45) is 7.05 Å². The van der Waals surface area contributed by atoms with Gasteiger partial charge in [0.25, 0.3) is 0 Å². The maximum atomic E-state index is 10.9. The first-order valence-corrected chi connectivity index (χ1v) is 6.97. The van der Waals surface area contributed by atoms with Crippen molar-refractivity contribution < 1.29 is 5.11 Å². The molecule has 94 valence electrons. The van der Waals surface area contributed by atoms with Crippen LogP contribution in [0.4, 0.5) is 0 Å². The van der Waals surface area contributed by atoms with Gasteiger partial charge in [-0.05, 0) is 42.1 Å². The molecule has 0 radical (unpaired) electrons. The van der Waals surface area contributed by atoms with Crippen LogP contribution in [-0.4, -0.2) is 38.4 Å². The highest BCUT2D eigenvalue weighted by Gasteiger charge is 2.48. The van der Waals surface area contributed by atoms with Gasteiger partial charge in [-0.2, -0.15) is 5.10 Å². The standard InChI is InChI=1S/C12H18BrN3O/c1-8-5-12(17,7-16(8)9-3-4-9)11-10(13)6-14-15(11)2/h6,8-9,17H,3-5,7H2,1-2H3. The van der Waals surface area contributed by atoms with Crippen LogP contribution in [0.2, 0.25) is 0 Å². The maximum absolute atomic E-state index is 10.9. The molecule has 2 atom stereocenters. The van der Waals surface area contributed by atoms with Gasteiger partial charge in [0.1, 0.15) is 5.60 Å². The molecule has 0 spiro atoms. The minimum absolute atomic E-state index is 0.453. The van der Waals surface area contributed by atoms with Crippen LogP contribution < -0.4 is 0 Å². The van der Waals surface area contributed by atoms with Crippen molar-refractivity contribution in [1.82, 2.24) is 14.7 Å². The lowest BCUT2D eigenvalue weighted by Crippen LogP contribution is -2.34. The summed E-state index contributed by atoms with van der Waals surface area (Å²) in [7, 11) is 1.89. The van der Waals surface area contributed by atoms with Crippen molar-refractivity contribution in [2.45, 2.75) is 43.9 Å². The largest absolute Gasteiger partial charge is 0.382 e. The zero-order valence-electron chi connectivity index (χ0n) is 10.2. The number of aromatic nitrogens is 2. The van der Waals surface area contributed by atoms with E-state index in [0.717, 1.165) is 23.1 Å². The van der Waals surface area contributed by atoms with Crippen molar-refractivity contribution in [3.8, 4) is 0 Å². The number of likely N-dealkylation sites (tertiary alicyclic amines) is 1. The van der Waals surface area contributed by atoms with E-state index in [0.29, 0.717) is 12.1 Å². The van der Waals surface area contributed by atoms with Crippen LogP contribution >= 0.6 is 15.9 Å². The number of aliphatic hydroxyl groups is 1. The second kappa shape index (κ2) is 3.80. The molecule has 2 aliphatic rings. The lowest BCUT2D eigenvalue weighted by molar-refractivity contribution is 0.0363. The van der Waals surface area contributed by atoms with E-state index in [9.17, 15) is 5.11 Å². The first-order chi connectivity index (χ1) is 8.01. The van der Waals surface area contributed by atoms with Crippen LogP contribution in [0.15, 0.2) is 10.7 Å². The summed E-state index contributed by atoms with van der Waals surface area (Å²) in [5.74, 6) is 0. The highest BCUT2D eigenvalue weighted by atomic mass is 79.9. The first kappa shape index (κ1) is 11.7. The average Bonchev–Trinajstić information content (AvgIpc) is 2.96. The predicted molar refractivity (Wildman–Crippen MR) is 68.6 cm³/mol. The molecule has 1 aromatic heterocycles. The van der Waals surface area contributed by atoms with Crippen LogP contribution in [0.3, 0.4) is 0 Å². The molecule has 1 saturated heterocycles. The zero-order chi connectivity index (χ0) is 12.2. The Bertz CT molecular complexity index is 423. The van der Waals surface area contributed by atoms with Gasteiger partial charge >= 0.3 is 0 Å². The van der Waals surface area contributed by atoms with Gasteiger partial charge in [-0.3, -0.25) is 9.58 Å². The molecular weight excluding hydrogens is 282 g/mol. The van der Waals surface area contributed by atoms with Gasteiger partial charge in [-0.25, -0.2) is 0 Å². The van der Waals surface area contributed by atoms with Crippen molar-refractivity contribution >= 4 is 15.9 Å². The van der Waals surface area contributed by atoms with E-state index < -0.39 is 5.60 Å². The lowest BCUT2D eigenvalue weighted by Gasteiger charge is -2.24. The van der Waals surface area contributed by atoms with Crippen molar-refractivity contribution in [3.63, 3.8) is 0 Å². The van der Waals surface area contributed by atoms with E-state index in [1.807, 2.05) is 7.05 Å². The third-order valence-corrected chi connectivity index (χ3v) is 4.57. The minimum atomic E-state index is -0.758. The zero-order valence-corrected chi connectivity index (χ0v) is 11.8. The molecule has 0 aromatic carbocycles. The van der Waals surface area contributed by atoms with Crippen LogP contribution in [0.25, 0.3) is 0 Å². The molecule has 4 nitrogen and oxygen atoms in total. The molecule has 1 saturated carbocycles. The Morgan fingerprint density at radius 2 is 2.24 bits per heavy atom. The second-order valence-corrected chi connectivity index (χ2v) is 6.31. The summed E-state index contributed by atoms with van der Waals surface area (Å²) in [6, 6.07) is 1.15. The van der Waals surface area contributed by atoms with E-state index >= 15 is 0 Å². The molecule has 1 aliphatic carbocycles. The Balaban J connectivity index is 1.92. The summed E-state index contributed by atoms with van der Waals surface area (Å²) in [5, 5.41) is 15.1. The molecule has 17 heavy (non-hydrogen) atoms. The van der Waals surface area contributed by atoms with E-state index in [-0.39, 0.29) is 0 Å². The highest BCUT2D eigenvalue weighted by Crippen LogP contribution is 2.43. The van der Waals surface area contributed by atoms with E-state index in [4.69, 9.17) is 0 Å². The molecule has 0 bridgehead atoms. The number of halogens is 1. The number of aryl methyl sites for hydroxylation is 1. The third kappa shape index (κ3) is 1.84. The third-order valence-electron chi connectivity index (χ3n) is 3.99. The van der Waals surface area contributed by atoms with Gasteiger partial charge in [0, 0.05) is 25.7 Å². The van der Waals surface area contributed by atoms with Crippen molar-refractivity contribution in [1.29, 1.82) is 0 Å². The summed E-state index contributed by atoms with van der Waals surface area (Å²) >= 11 is 3.49. The quantitative estimate of drug-likeness (QED) is 0.902. The van der Waals surface area contributed by atoms with Crippen molar-refractivity contribution in [3.05, 3.63) is 16.4 Å². The fourth-order valence-electron chi connectivity index (χ4n) is 3.13. The van der Waals surface area contributed by atoms with Crippen molar-refractivity contribution in [2.75, 3.05) is 6.54 Å². The molecule has 2 unspecified atom stereocenters. The predicted octanol–water partition coefficient (Wildman–Crippen LogP) is 1.63. The maximum Gasteiger partial charge on any atom is 0.121 e. The number of rotatable bonds is 2. The molecule has 2 heterocycles. The molecule has 0 amide bonds. The number of hydrogen-bond acceptors (Lipinski definition) is 3. The number of β-amino-alcohol motifs (C(OH)–C–C–N with tert-alkyl or cyclic N) is 1. The Morgan fingerprint density at radius 1 is 1.53 bits per heavy atom. The Labute approximate surface area is 110 Å². The van der Waals surface area contributed by atoms with Crippen LogP contribution in [0, 0.1) is 0 Å². The van der Waals surface area contributed by atoms with Gasteiger partial charge in [-0.15, -0.1) is 0 Å². The van der Waals surface area contributed by atoms with E-state index in [1.54, 1.807) is 10.9 Å².